The highest BCUT2D eigenvalue weighted by Gasteiger charge is 2.12. The molecule has 0 saturated heterocycles. The Morgan fingerprint density at radius 3 is 2.52 bits per heavy atom. The van der Waals surface area contributed by atoms with Gasteiger partial charge in [0.25, 0.3) is 0 Å². The average molecular weight is 386 g/mol. The lowest BCUT2D eigenvalue weighted by Crippen LogP contribution is -2.44. The van der Waals surface area contributed by atoms with E-state index in [1.807, 2.05) is 39.0 Å². The summed E-state index contributed by atoms with van der Waals surface area (Å²) in [6, 6.07) is 5.21. The molecule has 3 amide bonds. The van der Waals surface area contributed by atoms with Crippen molar-refractivity contribution in [3.8, 4) is 5.75 Å². The van der Waals surface area contributed by atoms with Gasteiger partial charge in [0.05, 0.1) is 18.1 Å². The van der Waals surface area contributed by atoms with Crippen LogP contribution in [-0.2, 0) is 4.79 Å². The number of hydrogen-bond donors (Lipinski definition) is 3. The number of methoxy groups -OCH3 is 1. The largest absolute Gasteiger partial charge is 0.496 e. The molecule has 128 valence electrons. The second-order valence-corrected chi connectivity index (χ2v) is 6.50. The molecule has 0 radical (unpaired) electrons. The van der Waals surface area contributed by atoms with Crippen LogP contribution in [0.2, 0.25) is 0 Å². The van der Waals surface area contributed by atoms with Crippen molar-refractivity contribution in [1.29, 1.82) is 0 Å². The van der Waals surface area contributed by atoms with E-state index >= 15 is 0 Å². The van der Waals surface area contributed by atoms with Gasteiger partial charge in [0.15, 0.2) is 0 Å². The predicted octanol–water partition coefficient (Wildman–Crippen LogP) is 2.59. The molecular weight excluding hydrogens is 362 g/mol. The third kappa shape index (κ3) is 7.00. The molecule has 0 heterocycles. The quantitative estimate of drug-likeness (QED) is 0.673. The van der Waals surface area contributed by atoms with Gasteiger partial charge in [-0.15, -0.1) is 0 Å². The van der Waals surface area contributed by atoms with Crippen LogP contribution in [0.15, 0.2) is 22.7 Å². The molecule has 0 aromatic heterocycles. The number of urea groups is 1. The number of rotatable bonds is 7. The van der Waals surface area contributed by atoms with E-state index < -0.39 is 6.03 Å². The number of halogens is 1. The molecule has 0 unspecified atom stereocenters. The fourth-order valence-electron chi connectivity index (χ4n) is 1.83. The van der Waals surface area contributed by atoms with E-state index in [1.165, 1.54) is 0 Å². The topological polar surface area (TPSA) is 79.5 Å². The highest BCUT2D eigenvalue weighted by atomic mass is 79.9. The predicted molar refractivity (Wildman–Crippen MR) is 93.5 cm³/mol. The molecule has 1 rings (SSSR count). The zero-order valence-corrected chi connectivity index (χ0v) is 15.5. The van der Waals surface area contributed by atoms with Gasteiger partial charge in [-0.25, -0.2) is 4.79 Å². The first-order chi connectivity index (χ1) is 10.8. The number of nitrogens with one attached hydrogen (secondary N) is 3. The van der Waals surface area contributed by atoms with Gasteiger partial charge in [0.2, 0.25) is 5.91 Å². The average Bonchev–Trinajstić information content (AvgIpc) is 2.50. The Hall–Kier alpha value is -1.60. The number of carbonyl (C=O) groups excluding carboxylic acids is 2. The standard InChI is InChI=1S/C16H24BrN3O3/c1-10(2)8-19-16(22)20-15(21)9-18-11(3)12-5-6-14(23-4)13(17)7-12/h5-7,10-11,18H,8-9H2,1-4H3,(H2,19,20,21,22)/t11-/m1/s1. The zero-order valence-electron chi connectivity index (χ0n) is 13.9. The van der Waals surface area contributed by atoms with Gasteiger partial charge < -0.3 is 15.4 Å². The van der Waals surface area contributed by atoms with Gasteiger partial charge in [-0.1, -0.05) is 19.9 Å². The van der Waals surface area contributed by atoms with E-state index in [-0.39, 0.29) is 18.5 Å². The highest BCUT2D eigenvalue weighted by molar-refractivity contribution is 9.10. The van der Waals surface area contributed by atoms with Crippen LogP contribution in [0.4, 0.5) is 4.79 Å². The second-order valence-electron chi connectivity index (χ2n) is 5.65. The Morgan fingerprint density at radius 1 is 1.26 bits per heavy atom. The van der Waals surface area contributed by atoms with E-state index in [1.54, 1.807) is 7.11 Å². The summed E-state index contributed by atoms with van der Waals surface area (Å²) in [7, 11) is 1.61. The van der Waals surface area contributed by atoms with Crippen LogP contribution in [-0.4, -0.2) is 32.1 Å². The van der Waals surface area contributed by atoms with Crippen molar-refractivity contribution in [1.82, 2.24) is 16.0 Å². The Kier molecular flexibility index (Phi) is 8.05. The van der Waals surface area contributed by atoms with E-state index in [2.05, 4.69) is 31.9 Å². The van der Waals surface area contributed by atoms with Crippen LogP contribution in [0.1, 0.15) is 32.4 Å². The maximum atomic E-state index is 11.7. The molecule has 0 saturated carbocycles. The summed E-state index contributed by atoms with van der Waals surface area (Å²) in [5, 5.41) is 8.00. The van der Waals surface area contributed by atoms with Crippen LogP contribution in [0.5, 0.6) is 5.75 Å². The molecule has 3 N–H and O–H groups in total. The lowest BCUT2D eigenvalue weighted by atomic mass is 10.1. The minimum Gasteiger partial charge on any atom is -0.496 e. The van der Waals surface area contributed by atoms with Gasteiger partial charge >= 0.3 is 6.03 Å². The summed E-state index contributed by atoms with van der Waals surface area (Å²) >= 11 is 3.43. The van der Waals surface area contributed by atoms with Crippen LogP contribution < -0.4 is 20.7 Å². The van der Waals surface area contributed by atoms with Crippen LogP contribution in [0.25, 0.3) is 0 Å². The summed E-state index contributed by atoms with van der Waals surface area (Å²) in [6.45, 7) is 6.50. The minimum atomic E-state index is -0.467. The second kappa shape index (κ2) is 9.52. The summed E-state index contributed by atoms with van der Waals surface area (Å²) in [5.74, 6) is 0.716. The molecule has 0 fully saturated rings. The third-order valence-electron chi connectivity index (χ3n) is 3.17. The fraction of sp³-hybridized carbons (Fsp3) is 0.500. The summed E-state index contributed by atoms with van der Waals surface area (Å²) < 4.78 is 6.04. The molecule has 6 nitrogen and oxygen atoms in total. The van der Waals surface area contributed by atoms with Crippen molar-refractivity contribution in [3.63, 3.8) is 0 Å². The Bertz CT molecular complexity index is 549. The first-order valence-electron chi connectivity index (χ1n) is 7.48. The lowest BCUT2D eigenvalue weighted by Gasteiger charge is -2.15. The number of benzene rings is 1. The van der Waals surface area contributed by atoms with Crippen molar-refractivity contribution in [2.75, 3.05) is 20.2 Å². The zero-order chi connectivity index (χ0) is 17.4. The third-order valence-corrected chi connectivity index (χ3v) is 3.79. The molecule has 0 spiro atoms. The highest BCUT2D eigenvalue weighted by Crippen LogP contribution is 2.27. The van der Waals surface area contributed by atoms with Gasteiger partial charge in [-0.05, 0) is 46.5 Å². The number of hydrogen-bond acceptors (Lipinski definition) is 4. The van der Waals surface area contributed by atoms with Gasteiger partial charge in [-0.3, -0.25) is 10.1 Å². The summed E-state index contributed by atoms with van der Waals surface area (Å²) in [4.78, 5) is 23.2. The van der Waals surface area contributed by atoms with E-state index in [4.69, 9.17) is 4.74 Å². The Balaban J connectivity index is 2.43. The van der Waals surface area contributed by atoms with Crippen molar-refractivity contribution < 1.29 is 14.3 Å². The van der Waals surface area contributed by atoms with Gasteiger partial charge in [0, 0.05) is 12.6 Å². The number of imide groups is 1. The number of ether oxygens (including phenoxy) is 1. The summed E-state index contributed by atoms with van der Waals surface area (Å²) in [5.41, 5.74) is 1.01. The van der Waals surface area contributed by atoms with Crippen LogP contribution in [0, 0.1) is 5.92 Å². The van der Waals surface area contributed by atoms with Crippen molar-refractivity contribution in [3.05, 3.63) is 28.2 Å². The van der Waals surface area contributed by atoms with Crippen molar-refractivity contribution in [2.45, 2.75) is 26.8 Å². The molecule has 0 bridgehead atoms. The molecule has 1 atom stereocenters. The van der Waals surface area contributed by atoms with E-state index in [0.717, 1.165) is 15.8 Å². The normalized spacial score (nSPS) is 11.9. The molecule has 23 heavy (non-hydrogen) atoms. The van der Waals surface area contributed by atoms with Gasteiger partial charge in [0.1, 0.15) is 5.75 Å². The molecule has 1 aromatic carbocycles. The maximum Gasteiger partial charge on any atom is 0.321 e. The van der Waals surface area contributed by atoms with Crippen LogP contribution in [0.3, 0.4) is 0 Å². The molecule has 0 aliphatic carbocycles. The maximum absolute atomic E-state index is 11.7. The number of carbonyl (C=O) groups is 2. The number of amides is 3. The summed E-state index contributed by atoms with van der Waals surface area (Å²) in [6.07, 6.45) is 0. The Labute approximate surface area is 145 Å². The minimum absolute atomic E-state index is 0.0401. The van der Waals surface area contributed by atoms with Crippen LogP contribution >= 0.6 is 15.9 Å². The van der Waals surface area contributed by atoms with Crippen molar-refractivity contribution >= 4 is 27.9 Å². The lowest BCUT2D eigenvalue weighted by molar-refractivity contribution is -0.119. The van der Waals surface area contributed by atoms with E-state index in [0.29, 0.717) is 12.5 Å². The monoisotopic (exact) mass is 385 g/mol. The molecule has 0 aliphatic rings. The van der Waals surface area contributed by atoms with E-state index in [9.17, 15) is 9.59 Å². The molecule has 7 heteroatoms. The Morgan fingerprint density at radius 2 is 1.96 bits per heavy atom. The first kappa shape index (κ1) is 19.4. The SMILES string of the molecule is COc1ccc([C@@H](C)NCC(=O)NC(=O)NCC(C)C)cc1Br. The fourth-order valence-corrected chi connectivity index (χ4v) is 2.39. The smallest absolute Gasteiger partial charge is 0.321 e. The molecular formula is C16H24BrN3O3. The van der Waals surface area contributed by atoms with Crippen molar-refractivity contribution in [2.24, 2.45) is 5.92 Å². The first-order valence-corrected chi connectivity index (χ1v) is 8.27. The molecule has 0 aliphatic heterocycles. The molecule has 1 aromatic rings. The van der Waals surface area contributed by atoms with Gasteiger partial charge in [-0.2, -0.15) is 0 Å².